The van der Waals surface area contributed by atoms with E-state index in [0.29, 0.717) is 59.9 Å². The van der Waals surface area contributed by atoms with Crippen LogP contribution in [-0.4, -0.2) is 76.4 Å². The van der Waals surface area contributed by atoms with Crippen molar-refractivity contribution in [2.24, 2.45) is 69.0 Å². The molecule has 7 saturated carbocycles. The highest BCUT2D eigenvalue weighted by Gasteiger charge is 2.71. The fourth-order valence-electron chi connectivity index (χ4n) is 17.3. The number of ether oxygens (including phenoxy) is 4. The van der Waals surface area contributed by atoms with Crippen molar-refractivity contribution in [1.82, 2.24) is 0 Å². The van der Waals surface area contributed by atoms with Gasteiger partial charge in [-0.1, -0.05) is 83.6 Å². The normalized spacial score (nSPS) is 47.9. The fourth-order valence-corrected chi connectivity index (χ4v) is 20.2. The molecule has 0 amide bonds. The number of Topliss-reactive ketones (excluding diaryl/α,β-unsaturated/α-hetero) is 1. The third-order valence-corrected chi connectivity index (χ3v) is 31.9. The number of rotatable bonds is 4. The maximum Gasteiger partial charge on any atom is 0.192 e. The van der Waals surface area contributed by atoms with Crippen molar-refractivity contribution in [3.05, 3.63) is 11.6 Å². The van der Waals surface area contributed by atoms with Gasteiger partial charge in [-0.3, -0.25) is 9.59 Å². The van der Waals surface area contributed by atoms with Gasteiger partial charge < -0.3 is 27.8 Å². The van der Waals surface area contributed by atoms with Crippen LogP contribution >= 0.6 is 0 Å². The van der Waals surface area contributed by atoms with E-state index in [-0.39, 0.29) is 81.2 Å². The molecule has 68 heavy (non-hydrogen) atoms. The summed E-state index contributed by atoms with van der Waals surface area (Å²) >= 11 is 0. The van der Waals surface area contributed by atoms with Gasteiger partial charge >= 0.3 is 0 Å². The fraction of sp³-hybridized carbons (Fsp3) is 0.931. The van der Waals surface area contributed by atoms with Crippen LogP contribution in [0.2, 0.25) is 36.3 Å². The first kappa shape index (κ1) is 53.6. The standard InChI is InChI=1S/C29H50O4Si.C28H46O4Si.CH4/c1-17-20(30)14-16-29(8)19-13-15-28(7)18(11-12-21(28)33-34(9,10)26(2,3)4)22(19)24-25(23(17)29)32-27(5,6)31-24;1-25(2,3)33(8,9)32-21-11-10-18-22-19(13-15-28(18,21)7)27(6)14-12-17(29)16-20(27)23-24(22)31-26(4,5)30-23;/h17-19,21-25H,11-16H2,1-10H3;16,18-19,21-24H,10-15H2,1-9H3;1H4/t17-,18?,19?,21+,22?,23?,24-,25-,28+,29-;18?,19?,21-,22?,23+,24+,27+,28-;/m10./s1. The Morgan fingerprint density at radius 3 is 1.54 bits per heavy atom. The number of hydrogen-bond donors (Lipinski definition) is 0. The lowest BCUT2D eigenvalue weighted by molar-refractivity contribution is -0.194. The van der Waals surface area contributed by atoms with Crippen molar-refractivity contribution in [3.63, 3.8) is 0 Å². The van der Waals surface area contributed by atoms with Crippen LogP contribution in [0.5, 0.6) is 0 Å². The summed E-state index contributed by atoms with van der Waals surface area (Å²) in [5.74, 6) is 3.18. The third-order valence-electron chi connectivity index (χ3n) is 22.9. The lowest BCUT2D eigenvalue weighted by Crippen LogP contribution is -2.65. The molecular formula is C58H100O8Si2. The Kier molecular flexibility index (Phi) is 13.3. The molecule has 9 fully saturated rings. The molecule has 8 aliphatic carbocycles. The molecule has 2 aliphatic heterocycles. The van der Waals surface area contributed by atoms with Gasteiger partial charge in [0, 0.05) is 24.7 Å². The Labute approximate surface area is 417 Å². The van der Waals surface area contributed by atoms with Crippen LogP contribution in [0.25, 0.3) is 0 Å². The second kappa shape index (κ2) is 16.9. The van der Waals surface area contributed by atoms with E-state index in [0.717, 1.165) is 25.7 Å². The zero-order valence-electron chi connectivity index (χ0n) is 45.9. The molecule has 2 heterocycles. The van der Waals surface area contributed by atoms with Crippen molar-refractivity contribution in [2.45, 2.75) is 273 Å². The Hall–Kier alpha value is -0.726. The van der Waals surface area contributed by atoms with Gasteiger partial charge in [-0.2, -0.15) is 0 Å². The maximum atomic E-state index is 12.9. The molecule has 8 nitrogen and oxygen atoms in total. The summed E-state index contributed by atoms with van der Waals surface area (Å²) in [6.45, 7) is 44.1. The monoisotopic (exact) mass is 981 g/mol. The topological polar surface area (TPSA) is 89.5 Å². The molecule has 10 rings (SSSR count). The van der Waals surface area contributed by atoms with Gasteiger partial charge in [-0.25, -0.2) is 0 Å². The van der Waals surface area contributed by atoms with E-state index in [1.54, 1.807) is 0 Å². The minimum absolute atomic E-state index is 0. The SMILES string of the molecule is C.CC1(C)O[C@@H]2C3=CC(=O)CC[C@]3(C)C3CC[C@@]4(C)C(CC[C@@H]4O[Si](C)(C)C(C)(C)C)C3[C@H]2O1.C[C@@H]1C(=O)CC[C@]2(C)C3CC[C@@]4(C)C(CC[C@@H]4O[Si](C)(C)C(C)(C)C)C3[C@H]3OC(C)(C)O[C@@H]3C12. The van der Waals surface area contributed by atoms with E-state index in [9.17, 15) is 9.59 Å². The van der Waals surface area contributed by atoms with Gasteiger partial charge in [0.15, 0.2) is 34.0 Å². The zero-order chi connectivity index (χ0) is 49.2. The zero-order valence-corrected chi connectivity index (χ0v) is 47.9. The van der Waals surface area contributed by atoms with E-state index >= 15 is 0 Å². The van der Waals surface area contributed by atoms with Gasteiger partial charge in [0.05, 0.1) is 30.5 Å². The lowest BCUT2D eigenvalue weighted by Gasteiger charge is -2.63. The minimum Gasteiger partial charge on any atom is -0.413 e. The quantitative estimate of drug-likeness (QED) is 0.257. The van der Waals surface area contributed by atoms with Gasteiger partial charge in [-0.15, -0.1) is 0 Å². The molecule has 0 aromatic carbocycles. The van der Waals surface area contributed by atoms with Crippen molar-refractivity contribution in [3.8, 4) is 0 Å². The van der Waals surface area contributed by atoms with Crippen molar-refractivity contribution >= 4 is 28.2 Å². The molecule has 0 radical (unpaired) electrons. The van der Waals surface area contributed by atoms with Crippen molar-refractivity contribution in [1.29, 1.82) is 0 Å². The van der Waals surface area contributed by atoms with E-state index in [1.807, 2.05) is 19.9 Å². The molecule has 10 aliphatic rings. The molecule has 0 N–H and O–H groups in total. The molecule has 10 heteroatoms. The number of ketones is 2. The smallest absolute Gasteiger partial charge is 0.192 e. The third kappa shape index (κ3) is 8.21. The average molecular weight is 982 g/mol. The number of fused-ring (bicyclic) bond motifs is 16. The van der Waals surface area contributed by atoms with Crippen LogP contribution in [0.1, 0.15) is 188 Å². The molecule has 0 spiro atoms. The molecule has 7 unspecified atom stereocenters. The Bertz CT molecular complexity index is 2000. The predicted octanol–water partition coefficient (Wildman–Crippen LogP) is 14.3. The van der Waals surface area contributed by atoms with Crippen LogP contribution in [0.15, 0.2) is 11.6 Å². The van der Waals surface area contributed by atoms with Gasteiger partial charge in [-0.05, 0) is 197 Å². The van der Waals surface area contributed by atoms with E-state index in [2.05, 4.69) is 116 Å². The highest BCUT2D eigenvalue weighted by molar-refractivity contribution is 6.74. The molecule has 0 aromatic rings. The highest BCUT2D eigenvalue weighted by Crippen LogP contribution is 2.71. The molecular weight excluding hydrogens is 881 g/mol. The number of carbonyl (C=O) groups excluding carboxylic acids is 2. The molecule has 0 aromatic heterocycles. The number of hydrogen-bond acceptors (Lipinski definition) is 8. The maximum absolute atomic E-state index is 12.9. The largest absolute Gasteiger partial charge is 0.413 e. The molecule has 388 valence electrons. The lowest BCUT2D eigenvalue weighted by atomic mass is 9.42. The predicted molar refractivity (Wildman–Crippen MR) is 278 cm³/mol. The minimum atomic E-state index is -1.84. The first-order chi connectivity index (χ1) is 30.6. The molecule has 0 bridgehead atoms. The molecule has 2 saturated heterocycles. The van der Waals surface area contributed by atoms with Gasteiger partial charge in [0.1, 0.15) is 11.9 Å². The highest BCUT2D eigenvalue weighted by atomic mass is 28.4. The average Bonchev–Trinajstić information content (AvgIpc) is 3.91. The summed E-state index contributed by atoms with van der Waals surface area (Å²) in [6.07, 6.45) is 15.8. The van der Waals surface area contributed by atoms with Crippen LogP contribution in [0.3, 0.4) is 0 Å². The summed E-state index contributed by atoms with van der Waals surface area (Å²) in [6, 6.07) is 0. The van der Waals surface area contributed by atoms with Crippen molar-refractivity contribution in [2.75, 3.05) is 0 Å². The van der Waals surface area contributed by atoms with Gasteiger partial charge in [0.25, 0.3) is 0 Å². The second-order valence-corrected chi connectivity index (χ2v) is 38.9. The van der Waals surface area contributed by atoms with E-state index in [4.69, 9.17) is 27.8 Å². The summed E-state index contributed by atoms with van der Waals surface area (Å²) in [5, 5.41) is 0.454. The van der Waals surface area contributed by atoms with E-state index < -0.39 is 28.2 Å². The van der Waals surface area contributed by atoms with Gasteiger partial charge in [0.2, 0.25) is 0 Å². The summed E-state index contributed by atoms with van der Waals surface area (Å²) < 4.78 is 41.0. The van der Waals surface area contributed by atoms with Crippen LogP contribution in [0.4, 0.5) is 0 Å². The van der Waals surface area contributed by atoms with E-state index in [1.165, 1.54) is 50.5 Å². The van der Waals surface area contributed by atoms with Crippen LogP contribution in [0, 0.1) is 69.0 Å². The molecule has 18 atom stereocenters. The van der Waals surface area contributed by atoms with Crippen LogP contribution in [-0.2, 0) is 37.4 Å². The first-order valence-electron chi connectivity index (χ1n) is 27.5. The Morgan fingerprint density at radius 2 is 1.01 bits per heavy atom. The Balaban J connectivity index is 0.000000181. The number of carbonyl (C=O) groups is 2. The Morgan fingerprint density at radius 1 is 0.559 bits per heavy atom. The second-order valence-electron chi connectivity index (χ2n) is 29.4. The summed E-state index contributed by atoms with van der Waals surface area (Å²) in [5.41, 5.74) is 1.83. The first-order valence-corrected chi connectivity index (χ1v) is 33.3. The van der Waals surface area contributed by atoms with Crippen molar-refractivity contribution < 1.29 is 37.4 Å². The summed E-state index contributed by atoms with van der Waals surface area (Å²) in [7, 11) is -3.68. The summed E-state index contributed by atoms with van der Waals surface area (Å²) in [4.78, 5) is 25.4. The van der Waals surface area contributed by atoms with Crippen LogP contribution < -0.4 is 0 Å².